The van der Waals surface area contributed by atoms with Crippen molar-refractivity contribution in [2.45, 2.75) is 25.5 Å². The zero-order valence-corrected chi connectivity index (χ0v) is 10.3. The standard InChI is InChI=1S/C12H19NO2S/c1(5-15-12-2-6-14-9-12)4-13-8-11-3-7-16-10-11/h3,7,10,12-13H,1-2,4-6,8-9H2. The number of hydrogen-bond acceptors (Lipinski definition) is 4. The Morgan fingerprint density at radius 3 is 3.31 bits per heavy atom. The first-order valence-electron chi connectivity index (χ1n) is 5.86. The predicted octanol–water partition coefficient (Wildman–Crippen LogP) is 2.03. The van der Waals surface area contributed by atoms with Crippen LogP contribution < -0.4 is 5.32 Å². The van der Waals surface area contributed by atoms with Crippen molar-refractivity contribution in [3.63, 3.8) is 0 Å². The highest BCUT2D eigenvalue weighted by Gasteiger charge is 2.14. The van der Waals surface area contributed by atoms with Crippen LogP contribution in [0.4, 0.5) is 0 Å². The van der Waals surface area contributed by atoms with Gasteiger partial charge in [0.25, 0.3) is 0 Å². The number of thiophene rings is 1. The van der Waals surface area contributed by atoms with Crippen LogP contribution in [0.15, 0.2) is 16.8 Å². The molecule has 0 aliphatic carbocycles. The Kier molecular flexibility index (Phi) is 5.28. The number of ether oxygens (including phenoxy) is 2. The van der Waals surface area contributed by atoms with Crippen LogP contribution in [0.1, 0.15) is 18.4 Å². The van der Waals surface area contributed by atoms with E-state index < -0.39 is 0 Å². The maximum Gasteiger partial charge on any atom is 0.0830 e. The molecule has 1 atom stereocenters. The summed E-state index contributed by atoms with van der Waals surface area (Å²) in [6.45, 7) is 4.47. The first-order valence-corrected chi connectivity index (χ1v) is 6.80. The van der Waals surface area contributed by atoms with E-state index in [1.165, 1.54) is 5.56 Å². The molecule has 0 aromatic carbocycles. The minimum atomic E-state index is 0.344. The van der Waals surface area contributed by atoms with Crippen molar-refractivity contribution in [2.24, 2.45) is 0 Å². The highest BCUT2D eigenvalue weighted by molar-refractivity contribution is 7.07. The van der Waals surface area contributed by atoms with E-state index in [0.29, 0.717) is 6.10 Å². The molecule has 2 heterocycles. The van der Waals surface area contributed by atoms with Gasteiger partial charge >= 0.3 is 0 Å². The summed E-state index contributed by atoms with van der Waals surface area (Å²) < 4.78 is 10.9. The van der Waals surface area contributed by atoms with Crippen LogP contribution >= 0.6 is 11.3 Å². The summed E-state index contributed by atoms with van der Waals surface area (Å²) in [6, 6.07) is 2.16. The minimum absolute atomic E-state index is 0.344. The molecule has 1 N–H and O–H groups in total. The van der Waals surface area contributed by atoms with Crippen LogP contribution in [0, 0.1) is 0 Å². The Labute approximate surface area is 101 Å². The molecule has 1 aliphatic heterocycles. The summed E-state index contributed by atoms with van der Waals surface area (Å²) in [4.78, 5) is 0. The maximum absolute atomic E-state index is 5.68. The summed E-state index contributed by atoms with van der Waals surface area (Å²) in [6.07, 6.45) is 2.47. The van der Waals surface area contributed by atoms with Gasteiger partial charge in [0.2, 0.25) is 0 Å². The second-order valence-electron chi connectivity index (χ2n) is 4.02. The van der Waals surface area contributed by atoms with Gasteiger partial charge in [-0.3, -0.25) is 0 Å². The van der Waals surface area contributed by atoms with E-state index >= 15 is 0 Å². The second-order valence-corrected chi connectivity index (χ2v) is 4.80. The lowest BCUT2D eigenvalue weighted by atomic mass is 10.3. The molecule has 0 spiro atoms. The van der Waals surface area contributed by atoms with Crippen molar-refractivity contribution < 1.29 is 9.47 Å². The summed E-state index contributed by atoms with van der Waals surface area (Å²) >= 11 is 1.75. The van der Waals surface area contributed by atoms with Gasteiger partial charge in [-0.2, -0.15) is 11.3 Å². The maximum atomic E-state index is 5.68. The lowest BCUT2D eigenvalue weighted by Gasteiger charge is -2.09. The van der Waals surface area contributed by atoms with E-state index in [0.717, 1.165) is 45.8 Å². The molecule has 3 nitrogen and oxygen atoms in total. The fourth-order valence-corrected chi connectivity index (χ4v) is 2.39. The van der Waals surface area contributed by atoms with Gasteiger partial charge in [-0.05, 0) is 41.8 Å². The SMILES string of the molecule is c1cc(CNCCCOC2CCOC2)cs1. The molecular formula is C12H19NO2S. The van der Waals surface area contributed by atoms with Crippen LogP contribution in [0.3, 0.4) is 0 Å². The van der Waals surface area contributed by atoms with Crippen LogP contribution in [-0.4, -0.2) is 32.5 Å². The first-order chi connectivity index (χ1) is 7.95. The highest BCUT2D eigenvalue weighted by Crippen LogP contribution is 2.08. The van der Waals surface area contributed by atoms with E-state index in [2.05, 4.69) is 22.1 Å². The molecule has 0 amide bonds. The lowest BCUT2D eigenvalue weighted by Crippen LogP contribution is -2.19. The van der Waals surface area contributed by atoms with Crippen LogP contribution in [-0.2, 0) is 16.0 Å². The van der Waals surface area contributed by atoms with Crippen LogP contribution in [0.2, 0.25) is 0 Å². The number of rotatable bonds is 7. The molecule has 1 aliphatic rings. The van der Waals surface area contributed by atoms with Crippen LogP contribution in [0.25, 0.3) is 0 Å². The Balaban J connectivity index is 1.43. The molecule has 1 aromatic heterocycles. The summed E-state index contributed by atoms with van der Waals surface area (Å²) in [5.74, 6) is 0. The van der Waals surface area contributed by atoms with Crippen molar-refractivity contribution >= 4 is 11.3 Å². The topological polar surface area (TPSA) is 30.5 Å². The van der Waals surface area contributed by atoms with Gasteiger partial charge in [0.1, 0.15) is 0 Å². The van der Waals surface area contributed by atoms with Crippen LogP contribution in [0.5, 0.6) is 0 Å². The zero-order valence-electron chi connectivity index (χ0n) is 9.48. The van der Waals surface area contributed by atoms with Gasteiger partial charge in [0.15, 0.2) is 0 Å². The Morgan fingerprint density at radius 2 is 2.56 bits per heavy atom. The van der Waals surface area contributed by atoms with Gasteiger partial charge in [0, 0.05) is 19.8 Å². The molecule has 0 bridgehead atoms. The summed E-state index contributed by atoms with van der Waals surface area (Å²) in [5, 5.41) is 7.70. The minimum Gasteiger partial charge on any atom is -0.379 e. The molecule has 4 heteroatoms. The van der Waals surface area contributed by atoms with Gasteiger partial charge in [0.05, 0.1) is 12.7 Å². The third kappa shape index (κ3) is 4.22. The number of hydrogen-bond donors (Lipinski definition) is 1. The zero-order chi connectivity index (χ0) is 11.1. The third-order valence-electron chi connectivity index (χ3n) is 2.65. The van der Waals surface area contributed by atoms with Crippen molar-refractivity contribution in [1.82, 2.24) is 5.32 Å². The highest BCUT2D eigenvalue weighted by atomic mass is 32.1. The van der Waals surface area contributed by atoms with Crippen molar-refractivity contribution in [1.29, 1.82) is 0 Å². The fraction of sp³-hybridized carbons (Fsp3) is 0.667. The molecule has 0 saturated carbocycles. The van der Waals surface area contributed by atoms with E-state index in [-0.39, 0.29) is 0 Å². The van der Waals surface area contributed by atoms with E-state index in [1.807, 2.05) is 0 Å². The average Bonchev–Trinajstić information content (AvgIpc) is 2.96. The van der Waals surface area contributed by atoms with E-state index in [1.54, 1.807) is 11.3 Å². The molecule has 1 aromatic rings. The number of nitrogens with one attached hydrogen (secondary N) is 1. The molecule has 1 unspecified atom stereocenters. The van der Waals surface area contributed by atoms with Crippen molar-refractivity contribution in [3.05, 3.63) is 22.4 Å². The van der Waals surface area contributed by atoms with E-state index in [9.17, 15) is 0 Å². The average molecular weight is 241 g/mol. The lowest BCUT2D eigenvalue weighted by molar-refractivity contribution is 0.0416. The Bertz CT molecular complexity index is 271. The fourth-order valence-electron chi connectivity index (χ4n) is 1.72. The second kappa shape index (κ2) is 7.01. The Morgan fingerprint density at radius 1 is 1.56 bits per heavy atom. The van der Waals surface area contributed by atoms with E-state index in [4.69, 9.17) is 9.47 Å². The smallest absolute Gasteiger partial charge is 0.0830 e. The third-order valence-corrected chi connectivity index (χ3v) is 3.38. The quantitative estimate of drug-likeness (QED) is 0.741. The summed E-state index contributed by atoms with van der Waals surface area (Å²) in [5.41, 5.74) is 1.37. The monoisotopic (exact) mass is 241 g/mol. The Hall–Kier alpha value is -0.420. The summed E-state index contributed by atoms with van der Waals surface area (Å²) in [7, 11) is 0. The molecule has 2 rings (SSSR count). The largest absolute Gasteiger partial charge is 0.379 e. The van der Waals surface area contributed by atoms with Gasteiger partial charge in [-0.15, -0.1) is 0 Å². The molecular weight excluding hydrogens is 222 g/mol. The molecule has 0 radical (unpaired) electrons. The predicted molar refractivity (Wildman–Crippen MR) is 65.8 cm³/mol. The molecule has 90 valence electrons. The van der Waals surface area contributed by atoms with Crippen molar-refractivity contribution in [2.75, 3.05) is 26.4 Å². The van der Waals surface area contributed by atoms with Crippen molar-refractivity contribution in [3.8, 4) is 0 Å². The van der Waals surface area contributed by atoms with Gasteiger partial charge in [-0.25, -0.2) is 0 Å². The molecule has 1 saturated heterocycles. The van der Waals surface area contributed by atoms with Gasteiger partial charge in [-0.1, -0.05) is 0 Å². The molecule has 1 fully saturated rings. The normalized spacial score (nSPS) is 20.4. The first kappa shape index (κ1) is 12.0. The van der Waals surface area contributed by atoms with Gasteiger partial charge < -0.3 is 14.8 Å². The molecule has 16 heavy (non-hydrogen) atoms.